The number of benzene rings is 1. The Hall–Kier alpha value is -2.10. The minimum absolute atomic E-state index is 0. The van der Waals surface area contributed by atoms with Gasteiger partial charge in [-0.2, -0.15) is 0 Å². The zero-order valence-electron chi connectivity index (χ0n) is 17.5. The summed E-state index contributed by atoms with van der Waals surface area (Å²) in [4.78, 5) is 26.2. The van der Waals surface area contributed by atoms with Gasteiger partial charge in [0.05, 0.1) is 45.1 Å². The number of morpholine rings is 1. The Balaban J connectivity index is 0.00000240. The van der Waals surface area contributed by atoms with Crippen LogP contribution in [0.4, 0.5) is 0 Å². The molecule has 1 saturated heterocycles. The first-order valence-electron chi connectivity index (χ1n) is 9.52. The lowest BCUT2D eigenvalue weighted by Gasteiger charge is -2.26. The van der Waals surface area contributed by atoms with Crippen LogP contribution in [0.15, 0.2) is 34.7 Å². The fourth-order valence-electron chi connectivity index (χ4n) is 3.14. The molecule has 0 atom stereocenters. The molecule has 2 heterocycles. The number of hydrogen-bond donors (Lipinski definition) is 1. The molecule has 1 aliphatic heterocycles. The van der Waals surface area contributed by atoms with Crippen LogP contribution in [0.1, 0.15) is 26.5 Å². The molecule has 1 fully saturated rings. The van der Waals surface area contributed by atoms with Crippen LogP contribution in [0.3, 0.4) is 0 Å². The maximum Gasteiger partial charge on any atom is 0.337 e. The number of hydrogen-bond acceptors (Lipinski definition) is 8. The lowest BCUT2D eigenvalue weighted by molar-refractivity contribution is 0.0383. The molecule has 2 aromatic rings. The molecular formula is C21H28Cl2N2O6. The first kappa shape index (κ1) is 26.9. The quantitative estimate of drug-likeness (QED) is 0.461. The van der Waals surface area contributed by atoms with Crippen molar-refractivity contribution in [2.24, 2.45) is 0 Å². The number of carbonyl (C=O) groups excluding carboxylic acids is 2. The maximum atomic E-state index is 11.9. The molecule has 1 N–H and O–H groups in total. The van der Waals surface area contributed by atoms with Gasteiger partial charge in [-0.15, -0.1) is 24.8 Å². The smallest absolute Gasteiger partial charge is 0.337 e. The van der Waals surface area contributed by atoms with E-state index in [1.165, 1.54) is 20.3 Å². The molecule has 0 spiro atoms. The highest BCUT2D eigenvalue weighted by Gasteiger charge is 2.16. The van der Waals surface area contributed by atoms with Gasteiger partial charge in [0, 0.05) is 31.7 Å². The van der Waals surface area contributed by atoms with Gasteiger partial charge in [0.15, 0.2) is 0 Å². The molecule has 8 nitrogen and oxygen atoms in total. The van der Waals surface area contributed by atoms with Crippen LogP contribution < -0.4 is 5.32 Å². The summed E-state index contributed by atoms with van der Waals surface area (Å²) in [6.07, 6.45) is 0. The van der Waals surface area contributed by atoms with Gasteiger partial charge in [-0.25, -0.2) is 9.59 Å². The Bertz CT molecular complexity index is 818. The normalized spacial score (nSPS) is 13.6. The van der Waals surface area contributed by atoms with E-state index < -0.39 is 11.9 Å². The van der Waals surface area contributed by atoms with Gasteiger partial charge in [0.1, 0.15) is 11.5 Å². The third kappa shape index (κ3) is 7.52. The molecule has 10 heteroatoms. The van der Waals surface area contributed by atoms with E-state index >= 15 is 0 Å². The van der Waals surface area contributed by atoms with E-state index in [2.05, 4.69) is 10.2 Å². The standard InChI is InChI=1S/C21H26N2O6.2ClH/c1-26-20(24)16-11-15(12-17(13-16)21(25)27-2)19-4-3-18(29-19)14-22-5-6-23-7-9-28-10-8-23;;/h3-4,11-13,22H,5-10,14H2,1-2H3;2*1H. The van der Waals surface area contributed by atoms with Crippen LogP contribution in [0.2, 0.25) is 0 Å². The Kier molecular flexibility index (Phi) is 11.6. The topological polar surface area (TPSA) is 90.2 Å². The van der Waals surface area contributed by atoms with E-state index in [1.807, 2.05) is 12.1 Å². The largest absolute Gasteiger partial charge is 0.465 e. The van der Waals surface area contributed by atoms with Crippen molar-refractivity contribution < 1.29 is 28.2 Å². The Morgan fingerprint density at radius 2 is 1.61 bits per heavy atom. The first-order valence-corrected chi connectivity index (χ1v) is 9.52. The Labute approximate surface area is 194 Å². The highest BCUT2D eigenvalue weighted by Crippen LogP contribution is 2.25. The second-order valence-corrected chi connectivity index (χ2v) is 6.68. The number of furan rings is 1. The minimum atomic E-state index is -0.534. The molecule has 1 aliphatic rings. The van der Waals surface area contributed by atoms with Crippen molar-refractivity contribution in [2.45, 2.75) is 6.54 Å². The van der Waals surface area contributed by atoms with Crippen molar-refractivity contribution in [3.8, 4) is 11.3 Å². The van der Waals surface area contributed by atoms with E-state index in [9.17, 15) is 9.59 Å². The van der Waals surface area contributed by atoms with E-state index in [4.69, 9.17) is 18.6 Å². The highest BCUT2D eigenvalue weighted by atomic mass is 35.5. The predicted octanol–water partition coefficient (Wildman–Crippen LogP) is 2.79. The van der Waals surface area contributed by atoms with Crippen LogP contribution in [-0.2, 0) is 20.8 Å². The number of esters is 2. The second kappa shape index (κ2) is 13.3. The van der Waals surface area contributed by atoms with Gasteiger partial charge in [-0.1, -0.05) is 0 Å². The zero-order valence-corrected chi connectivity index (χ0v) is 19.2. The molecule has 0 unspecified atom stereocenters. The summed E-state index contributed by atoms with van der Waals surface area (Å²) in [6.45, 7) is 5.91. The van der Waals surface area contributed by atoms with Crippen LogP contribution in [0, 0.1) is 0 Å². The lowest BCUT2D eigenvalue weighted by Crippen LogP contribution is -2.40. The fraction of sp³-hybridized carbons (Fsp3) is 0.429. The van der Waals surface area contributed by atoms with Gasteiger partial charge < -0.3 is 23.9 Å². The molecule has 1 aromatic heterocycles. The van der Waals surface area contributed by atoms with Crippen LogP contribution in [0.25, 0.3) is 11.3 Å². The number of ether oxygens (including phenoxy) is 3. The second-order valence-electron chi connectivity index (χ2n) is 6.68. The Morgan fingerprint density at radius 3 is 2.19 bits per heavy atom. The fourth-order valence-corrected chi connectivity index (χ4v) is 3.14. The van der Waals surface area contributed by atoms with E-state index in [-0.39, 0.29) is 35.9 Å². The number of nitrogens with one attached hydrogen (secondary N) is 1. The average Bonchev–Trinajstić information content (AvgIpc) is 3.25. The molecule has 172 valence electrons. The van der Waals surface area contributed by atoms with Crippen LogP contribution in [0.5, 0.6) is 0 Å². The maximum absolute atomic E-state index is 11.9. The van der Waals surface area contributed by atoms with Gasteiger partial charge in [-0.05, 0) is 30.3 Å². The molecule has 0 aliphatic carbocycles. The summed E-state index contributed by atoms with van der Waals surface area (Å²) < 4.78 is 20.8. The van der Waals surface area contributed by atoms with Crippen molar-refractivity contribution in [1.29, 1.82) is 0 Å². The van der Waals surface area contributed by atoms with Crippen LogP contribution >= 0.6 is 24.8 Å². The first-order chi connectivity index (χ1) is 14.1. The summed E-state index contributed by atoms with van der Waals surface area (Å²) in [6, 6.07) is 8.40. The third-order valence-corrected chi connectivity index (χ3v) is 4.73. The molecule has 1 aromatic carbocycles. The minimum Gasteiger partial charge on any atom is -0.465 e. The van der Waals surface area contributed by atoms with E-state index in [0.29, 0.717) is 17.9 Å². The molecule has 0 amide bonds. The number of nitrogens with zero attached hydrogens (tertiary/aromatic N) is 1. The van der Waals surface area contributed by atoms with Crippen molar-refractivity contribution in [3.05, 3.63) is 47.2 Å². The molecule has 0 saturated carbocycles. The van der Waals surface area contributed by atoms with E-state index in [1.54, 1.807) is 12.1 Å². The molecule has 3 rings (SSSR count). The molecular weight excluding hydrogens is 447 g/mol. The van der Waals surface area contributed by atoms with Gasteiger partial charge >= 0.3 is 11.9 Å². The SMILES string of the molecule is COC(=O)c1cc(C(=O)OC)cc(-c2ccc(CNCCN3CCOCC3)o2)c1.Cl.Cl. The summed E-state index contributed by atoms with van der Waals surface area (Å²) in [5, 5.41) is 3.37. The number of halogens is 2. The monoisotopic (exact) mass is 474 g/mol. The van der Waals surface area contributed by atoms with E-state index in [0.717, 1.165) is 45.2 Å². The van der Waals surface area contributed by atoms with Crippen molar-refractivity contribution in [3.63, 3.8) is 0 Å². The van der Waals surface area contributed by atoms with Crippen molar-refractivity contribution >= 4 is 36.8 Å². The highest BCUT2D eigenvalue weighted by molar-refractivity contribution is 5.97. The van der Waals surface area contributed by atoms with Gasteiger partial charge in [0.2, 0.25) is 0 Å². The summed E-state index contributed by atoms with van der Waals surface area (Å²) in [5.41, 5.74) is 1.12. The number of carbonyl (C=O) groups is 2. The number of rotatable bonds is 8. The molecule has 0 radical (unpaired) electrons. The van der Waals surface area contributed by atoms with Gasteiger partial charge in [0.25, 0.3) is 0 Å². The Morgan fingerprint density at radius 1 is 1.00 bits per heavy atom. The summed E-state index contributed by atoms with van der Waals surface area (Å²) in [7, 11) is 2.58. The average molecular weight is 475 g/mol. The third-order valence-electron chi connectivity index (χ3n) is 4.73. The molecule has 0 bridgehead atoms. The predicted molar refractivity (Wildman–Crippen MR) is 120 cm³/mol. The van der Waals surface area contributed by atoms with Crippen molar-refractivity contribution in [2.75, 3.05) is 53.6 Å². The van der Waals surface area contributed by atoms with Crippen LogP contribution in [-0.4, -0.2) is 70.5 Å². The summed E-state index contributed by atoms with van der Waals surface area (Å²) >= 11 is 0. The summed E-state index contributed by atoms with van der Waals surface area (Å²) in [5.74, 6) is 0.262. The molecule has 31 heavy (non-hydrogen) atoms. The van der Waals surface area contributed by atoms with Gasteiger partial charge in [-0.3, -0.25) is 4.90 Å². The number of methoxy groups -OCH3 is 2. The van der Waals surface area contributed by atoms with Crippen molar-refractivity contribution in [1.82, 2.24) is 10.2 Å². The zero-order chi connectivity index (χ0) is 20.6. The lowest BCUT2D eigenvalue weighted by atomic mass is 10.0.